The van der Waals surface area contributed by atoms with E-state index in [0.29, 0.717) is 17.1 Å². The maximum absolute atomic E-state index is 12.5. The number of hydrogen-bond acceptors (Lipinski definition) is 4. The van der Waals surface area contributed by atoms with Crippen LogP contribution in [0, 0.1) is 0 Å². The molecule has 7 nitrogen and oxygen atoms in total. The lowest BCUT2D eigenvalue weighted by Gasteiger charge is -2.05. The second-order valence-corrected chi connectivity index (χ2v) is 5.98. The molecule has 1 heterocycles. The van der Waals surface area contributed by atoms with Crippen LogP contribution in [0.1, 0.15) is 17.4 Å². The molecule has 0 saturated heterocycles. The van der Waals surface area contributed by atoms with Crippen LogP contribution in [0.2, 0.25) is 0 Å². The van der Waals surface area contributed by atoms with Gasteiger partial charge in [-0.2, -0.15) is 5.10 Å². The number of nitrogens with zero attached hydrogens (tertiary/aromatic N) is 2. The van der Waals surface area contributed by atoms with Gasteiger partial charge in [-0.3, -0.25) is 14.3 Å². The highest BCUT2D eigenvalue weighted by Gasteiger charge is 2.14. The fourth-order valence-corrected chi connectivity index (χ4v) is 2.65. The van der Waals surface area contributed by atoms with E-state index in [1.165, 1.54) is 6.92 Å². The average molecular weight is 364 g/mol. The average Bonchev–Trinajstić information content (AvgIpc) is 3.05. The van der Waals surface area contributed by atoms with Crippen LogP contribution in [-0.4, -0.2) is 28.7 Å². The number of aromatic nitrogens is 2. The first kappa shape index (κ1) is 18.2. The van der Waals surface area contributed by atoms with Crippen molar-refractivity contribution in [2.75, 3.05) is 17.7 Å². The highest BCUT2D eigenvalue weighted by Crippen LogP contribution is 2.23. The fourth-order valence-electron chi connectivity index (χ4n) is 2.65. The standard InChI is InChI=1S/C20H20N4O3/c1-13(25)21-15-6-8-16(9-7-15)22-20(26)18-12-19(24(2)23-18)14-4-10-17(27-3)11-5-14/h4-12H,1-3H3,(H,21,25)(H,22,26). The Kier molecular flexibility index (Phi) is 5.21. The van der Waals surface area contributed by atoms with Gasteiger partial charge in [0.25, 0.3) is 5.91 Å². The van der Waals surface area contributed by atoms with Gasteiger partial charge >= 0.3 is 0 Å². The van der Waals surface area contributed by atoms with Crippen LogP contribution in [0.15, 0.2) is 54.6 Å². The molecule has 0 bridgehead atoms. The summed E-state index contributed by atoms with van der Waals surface area (Å²) in [6, 6.07) is 16.2. The number of anilines is 2. The van der Waals surface area contributed by atoms with Crippen LogP contribution in [0.25, 0.3) is 11.3 Å². The Balaban J connectivity index is 1.74. The van der Waals surface area contributed by atoms with E-state index in [1.807, 2.05) is 24.3 Å². The molecule has 0 fully saturated rings. The van der Waals surface area contributed by atoms with Gasteiger partial charge in [0.15, 0.2) is 5.69 Å². The van der Waals surface area contributed by atoms with Crippen molar-refractivity contribution < 1.29 is 14.3 Å². The van der Waals surface area contributed by atoms with Crippen molar-refractivity contribution in [2.45, 2.75) is 6.92 Å². The first-order valence-corrected chi connectivity index (χ1v) is 8.34. The second kappa shape index (κ2) is 7.74. The number of nitrogens with one attached hydrogen (secondary N) is 2. The molecule has 138 valence electrons. The first-order valence-electron chi connectivity index (χ1n) is 8.34. The summed E-state index contributed by atoms with van der Waals surface area (Å²) < 4.78 is 6.83. The minimum atomic E-state index is -0.308. The number of rotatable bonds is 5. The van der Waals surface area contributed by atoms with E-state index in [4.69, 9.17) is 4.74 Å². The molecule has 3 rings (SSSR count). The van der Waals surface area contributed by atoms with Crippen molar-refractivity contribution in [3.05, 3.63) is 60.3 Å². The zero-order valence-electron chi connectivity index (χ0n) is 15.3. The van der Waals surface area contributed by atoms with Gasteiger partial charge in [-0.1, -0.05) is 0 Å². The zero-order valence-corrected chi connectivity index (χ0v) is 15.3. The molecule has 0 aliphatic heterocycles. The summed E-state index contributed by atoms with van der Waals surface area (Å²) in [5.41, 5.74) is 3.36. The molecule has 3 aromatic rings. The van der Waals surface area contributed by atoms with E-state index in [0.717, 1.165) is 17.0 Å². The third-order valence-corrected chi connectivity index (χ3v) is 3.96. The quantitative estimate of drug-likeness (QED) is 0.727. The molecule has 27 heavy (non-hydrogen) atoms. The number of benzene rings is 2. The van der Waals surface area contributed by atoms with Gasteiger partial charge in [0.1, 0.15) is 5.75 Å². The van der Waals surface area contributed by atoms with Crippen LogP contribution in [0.3, 0.4) is 0 Å². The summed E-state index contributed by atoms with van der Waals surface area (Å²) in [7, 11) is 3.41. The Morgan fingerprint density at radius 3 is 2.11 bits per heavy atom. The van der Waals surface area contributed by atoms with Crippen LogP contribution < -0.4 is 15.4 Å². The van der Waals surface area contributed by atoms with Gasteiger partial charge in [-0.05, 0) is 54.6 Å². The van der Waals surface area contributed by atoms with E-state index >= 15 is 0 Å². The van der Waals surface area contributed by atoms with E-state index in [2.05, 4.69) is 15.7 Å². The predicted molar refractivity (Wildman–Crippen MR) is 104 cm³/mol. The monoisotopic (exact) mass is 364 g/mol. The number of hydrogen-bond donors (Lipinski definition) is 2. The van der Waals surface area contributed by atoms with Gasteiger partial charge in [0.05, 0.1) is 12.8 Å². The minimum absolute atomic E-state index is 0.147. The molecule has 0 radical (unpaired) electrons. The SMILES string of the molecule is COc1ccc(-c2cc(C(=O)Nc3ccc(NC(C)=O)cc3)nn2C)cc1. The number of aryl methyl sites for hydroxylation is 1. The van der Waals surface area contributed by atoms with Crippen molar-refractivity contribution in [1.29, 1.82) is 0 Å². The number of methoxy groups -OCH3 is 1. The molecular formula is C20H20N4O3. The molecule has 1 aromatic heterocycles. The molecule has 2 aromatic carbocycles. The van der Waals surface area contributed by atoms with E-state index in [9.17, 15) is 9.59 Å². The molecule has 0 unspecified atom stereocenters. The molecule has 0 aliphatic carbocycles. The largest absolute Gasteiger partial charge is 0.497 e. The topological polar surface area (TPSA) is 85.2 Å². The summed E-state index contributed by atoms with van der Waals surface area (Å²) in [4.78, 5) is 23.5. The molecule has 2 N–H and O–H groups in total. The van der Waals surface area contributed by atoms with Gasteiger partial charge in [0.2, 0.25) is 5.91 Å². The van der Waals surface area contributed by atoms with Gasteiger partial charge in [0, 0.05) is 30.9 Å². The van der Waals surface area contributed by atoms with Gasteiger partial charge < -0.3 is 15.4 Å². The van der Waals surface area contributed by atoms with Crippen molar-refractivity contribution in [3.63, 3.8) is 0 Å². The third-order valence-electron chi connectivity index (χ3n) is 3.96. The lowest BCUT2D eigenvalue weighted by atomic mass is 10.1. The Labute approximate surface area is 157 Å². The number of ether oxygens (including phenoxy) is 1. The minimum Gasteiger partial charge on any atom is -0.497 e. The zero-order chi connectivity index (χ0) is 19.4. The third kappa shape index (κ3) is 4.33. The highest BCUT2D eigenvalue weighted by atomic mass is 16.5. The van der Waals surface area contributed by atoms with Crippen LogP contribution in [-0.2, 0) is 11.8 Å². The van der Waals surface area contributed by atoms with Crippen LogP contribution in [0.5, 0.6) is 5.75 Å². The maximum atomic E-state index is 12.5. The van der Waals surface area contributed by atoms with Crippen molar-refractivity contribution >= 4 is 23.2 Å². The molecule has 0 atom stereocenters. The van der Waals surface area contributed by atoms with Gasteiger partial charge in [-0.15, -0.1) is 0 Å². The molecular weight excluding hydrogens is 344 g/mol. The maximum Gasteiger partial charge on any atom is 0.276 e. The van der Waals surface area contributed by atoms with Crippen LogP contribution in [0.4, 0.5) is 11.4 Å². The lowest BCUT2D eigenvalue weighted by molar-refractivity contribution is -0.114. The molecule has 7 heteroatoms. The summed E-state index contributed by atoms with van der Waals surface area (Å²) >= 11 is 0. The molecule has 0 saturated carbocycles. The Bertz CT molecular complexity index is 960. The predicted octanol–water partition coefficient (Wildman–Crippen LogP) is 3.31. The summed E-state index contributed by atoms with van der Waals surface area (Å²) in [5, 5.41) is 9.78. The van der Waals surface area contributed by atoms with Crippen molar-refractivity contribution in [1.82, 2.24) is 9.78 Å². The second-order valence-electron chi connectivity index (χ2n) is 5.98. The number of carbonyl (C=O) groups excluding carboxylic acids is 2. The number of carbonyl (C=O) groups is 2. The highest BCUT2D eigenvalue weighted by molar-refractivity contribution is 6.03. The molecule has 2 amide bonds. The smallest absolute Gasteiger partial charge is 0.276 e. The van der Waals surface area contributed by atoms with Crippen molar-refractivity contribution in [2.24, 2.45) is 7.05 Å². The molecule has 0 spiro atoms. The first-order chi connectivity index (χ1) is 13.0. The van der Waals surface area contributed by atoms with Crippen LogP contribution >= 0.6 is 0 Å². The normalized spacial score (nSPS) is 10.3. The summed E-state index contributed by atoms with van der Waals surface area (Å²) in [6.07, 6.45) is 0. The Morgan fingerprint density at radius 2 is 1.56 bits per heavy atom. The lowest BCUT2D eigenvalue weighted by Crippen LogP contribution is -2.13. The van der Waals surface area contributed by atoms with E-state index in [1.54, 1.807) is 49.2 Å². The van der Waals surface area contributed by atoms with E-state index in [-0.39, 0.29) is 11.8 Å². The van der Waals surface area contributed by atoms with Gasteiger partial charge in [-0.25, -0.2) is 0 Å². The van der Waals surface area contributed by atoms with Crippen molar-refractivity contribution in [3.8, 4) is 17.0 Å². The Morgan fingerprint density at radius 1 is 0.963 bits per heavy atom. The molecule has 0 aliphatic rings. The number of amides is 2. The van der Waals surface area contributed by atoms with E-state index < -0.39 is 0 Å². The summed E-state index contributed by atoms with van der Waals surface area (Å²) in [5.74, 6) is 0.311. The Hall–Kier alpha value is -3.61. The summed E-state index contributed by atoms with van der Waals surface area (Å²) in [6.45, 7) is 1.44. The fraction of sp³-hybridized carbons (Fsp3) is 0.150.